The molecule has 1 aromatic carbocycles. The van der Waals surface area contributed by atoms with Crippen LogP contribution in [-0.2, 0) is 14.3 Å². The van der Waals surface area contributed by atoms with Gasteiger partial charge in [0.25, 0.3) is 5.91 Å². The van der Waals surface area contributed by atoms with Gasteiger partial charge in [-0.25, -0.2) is 9.67 Å². The molecular weight excluding hydrogens is 296 g/mol. The smallest absolute Gasteiger partial charge is 0.294 e. The number of carbonyl (C=O) groups excluding carboxylic acids is 1. The molecule has 1 aliphatic heterocycles. The van der Waals surface area contributed by atoms with E-state index in [0.29, 0.717) is 29.6 Å². The van der Waals surface area contributed by atoms with Crippen molar-refractivity contribution in [1.82, 2.24) is 14.8 Å². The van der Waals surface area contributed by atoms with Crippen LogP contribution in [0.25, 0.3) is 5.69 Å². The SMILES string of the molecule is O=C(Nc1cc(Cl)ccc1-n1cncn1)C1=COCCO1. The van der Waals surface area contributed by atoms with Crippen molar-refractivity contribution in [2.24, 2.45) is 0 Å². The molecule has 0 spiro atoms. The lowest BCUT2D eigenvalue weighted by molar-refractivity contribution is -0.117. The van der Waals surface area contributed by atoms with E-state index < -0.39 is 5.91 Å². The Labute approximate surface area is 125 Å². The van der Waals surface area contributed by atoms with Gasteiger partial charge in [-0.2, -0.15) is 5.10 Å². The number of nitrogens with zero attached hydrogens (tertiary/aromatic N) is 3. The summed E-state index contributed by atoms with van der Waals surface area (Å²) in [5.74, 6) is -0.302. The molecule has 2 heterocycles. The zero-order valence-electron chi connectivity index (χ0n) is 10.8. The molecule has 0 aliphatic carbocycles. The van der Waals surface area contributed by atoms with E-state index in [1.54, 1.807) is 18.2 Å². The van der Waals surface area contributed by atoms with Crippen LogP contribution in [0, 0.1) is 0 Å². The fourth-order valence-corrected chi connectivity index (χ4v) is 1.98. The summed E-state index contributed by atoms with van der Waals surface area (Å²) in [4.78, 5) is 16.0. The average Bonchev–Trinajstić information content (AvgIpc) is 3.02. The van der Waals surface area contributed by atoms with E-state index in [1.165, 1.54) is 23.6 Å². The molecule has 0 radical (unpaired) electrons. The summed E-state index contributed by atoms with van der Waals surface area (Å²) in [6.07, 6.45) is 4.22. The lowest BCUT2D eigenvalue weighted by atomic mass is 10.2. The van der Waals surface area contributed by atoms with Crippen molar-refractivity contribution in [3.63, 3.8) is 0 Å². The predicted octanol–water partition coefficient (Wildman–Crippen LogP) is 1.75. The Bertz CT molecular complexity index is 685. The number of aromatic nitrogens is 3. The molecule has 7 nitrogen and oxygen atoms in total. The van der Waals surface area contributed by atoms with E-state index in [2.05, 4.69) is 15.4 Å². The summed E-state index contributed by atoms with van der Waals surface area (Å²) >= 11 is 5.98. The number of benzene rings is 1. The van der Waals surface area contributed by atoms with Gasteiger partial charge in [0.15, 0.2) is 0 Å². The first-order valence-corrected chi connectivity index (χ1v) is 6.52. The van der Waals surface area contributed by atoms with Crippen LogP contribution in [0.5, 0.6) is 0 Å². The van der Waals surface area contributed by atoms with Crippen molar-refractivity contribution in [2.75, 3.05) is 18.5 Å². The van der Waals surface area contributed by atoms with Gasteiger partial charge in [0.1, 0.15) is 32.1 Å². The van der Waals surface area contributed by atoms with Crippen molar-refractivity contribution in [1.29, 1.82) is 0 Å². The summed E-state index contributed by atoms with van der Waals surface area (Å²) in [6.45, 7) is 0.767. The Kier molecular flexibility index (Phi) is 3.74. The van der Waals surface area contributed by atoms with Crippen LogP contribution in [0.4, 0.5) is 5.69 Å². The fourth-order valence-electron chi connectivity index (χ4n) is 1.81. The molecule has 0 bridgehead atoms. The lowest BCUT2D eigenvalue weighted by Gasteiger charge is -2.16. The second-order valence-electron chi connectivity index (χ2n) is 4.16. The molecule has 3 rings (SSSR count). The number of amides is 1. The molecule has 108 valence electrons. The molecule has 1 N–H and O–H groups in total. The van der Waals surface area contributed by atoms with Crippen LogP contribution < -0.4 is 5.32 Å². The Balaban J connectivity index is 1.89. The Morgan fingerprint density at radius 2 is 2.29 bits per heavy atom. The third-order valence-corrected chi connectivity index (χ3v) is 2.98. The van der Waals surface area contributed by atoms with Crippen LogP contribution >= 0.6 is 11.6 Å². The van der Waals surface area contributed by atoms with Gasteiger partial charge in [0.2, 0.25) is 5.76 Å². The summed E-state index contributed by atoms with van der Waals surface area (Å²) in [6, 6.07) is 5.06. The van der Waals surface area contributed by atoms with E-state index in [-0.39, 0.29) is 5.76 Å². The molecule has 1 amide bonds. The third-order valence-electron chi connectivity index (χ3n) is 2.75. The van der Waals surface area contributed by atoms with Crippen molar-refractivity contribution in [3.8, 4) is 5.69 Å². The maximum absolute atomic E-state index is 12.1. The first kappa shape index (κ1) is 13.4. The Morgan fingerprint density at radius 3 is 3.00 bits per heavy atom. The first-order chi connectivity index (χ1) is 10.2. The van der Waals surface area contributed by atoms with Crippen molar-refractivity contribution in [2.45, 2.75) is 0 Å². The van der Waals surface area contributed by atoms with Crippen molar-refractivity contribution < 1.29 is 14.3 Å². The molecule has 0 saturated heterocycles. The first-order valence-electron chi connectivity index (χ1n) is 6.14. The standard InChI is InChI=1S/C13H11ClN4O3/c14-9-1-2-11(18-8-15-7-16-18)10(5-9)17-13(19)12-6-20-3-4-21-12/h1-2,5-8H,3-4H2,(H,17,19). The van der Waals surface area contributed by atoms with E-state index in [9.17, 15) is 4.79 Å². The summed E-state index contributed by atoms with van der Waals surface area (Å²) in [5, 5.41) is 7.25. The summed E-state index contributed by atoms with van der Waals surface area (Å²) in [5.41, 5.74) is 1.13. The zero-order valence-corrected chi connectivity index (χ0v) is 11.6. The van der Waals surface area contributed by atoms with Crippen LogP contribution in [0.15, 0.2) is 42.9 Å². The van der Waals surface area contributed by atoms with Gasteiger partial charge in [0.05, 0.1) is 11.4 Å². The van der Waals surface area contributed by atoms with E-state index in [0.717, 1.165) is 0 Å². The van der Waals surface area contributed by atoms with Crippen LogP contribution in [0.3, 0.4) is 0 Å². The minimum absolute atomic E-state index is 0.116. The number of hydrogen-bond acceptors (Lipinski definition) is 5. The van der Waals surface area contributed by atoms with E-state index >= 15 is 0 Å². The van der Waals surface area contributed by atoms with Gasteiger partial charge >= 0.3 is 0 Å². The number of halogens is 1. The second-order valence-corrected chi connectivity index (χ2v) is 4.59. The largest absolute Gasteiger partial charge is 0.494 e. The lowest BCUT2D eigenvalue weighted by Crippen LogP contribution is -2.21. The van der Waals surface area contributed by atoms with Gasteiger partial charge < -0.3 is 14.8 Å². The van der Waals surface area contributed by atoms with Crippen LogP contribution in [0.1, 0.15) is 0 Å². The Morgan fingerprint density at radius 1 is 1.38 bits per heavy atom. The fraction of sp³-hybridized carbons (Fsp3) is 0.154. The minimum atomic E-state index is -0.418. The molecule has 0 atom stereocenters. The Hall–Kier alpha value is -2.54. The molecule has 1 aliphatic rings. The molecule has 8 heteroatoms. The normalized spacial score (nSPS) is 13.9. The summed E-state index contributed by atoms with van der Waals surface area (Å²) in [7, 11) is 0. The van der Waals surface area contributed by atoms with Gasteiger partial charge in [0, 0.05) is 5.02 Å². The molecule has 0 unspecified atom stereocenters. The highest BCUT2D eigenvalue weighted by molar-refractivity contribution is 6.31. The van der Waals surface area contributed by atoms with Gasteiger partial charge in [-0.05, 0) is 18.2 Å². The number of ether oxygens (including phenoxy) is 2. The highest BCUT2D eigenvalue weighted by Crippen LogP contribution is 2.24. The van der Waals surface area contributed by atoms with Crippen LogP contribution in [-0.4, -0.2) is 33.9 Å². The molecule has 1 aromatic heterocycles. The maximum Gasteiger partial charge on any atom is 0.294 e. The molecule has 2 aromatic rings. The molecule has 21 heavy (non-hydrogen) atoms. The monoisotopic (exact) mass is 306 g/mol. The third kappa shape index (κ3) is 2.97. The minimum Gasteiger partial charge on any atom is -0.494 e. The molecule has 0 saturated carbocycles. The predicted molar refractivity (Wildman–Crippen MR) is 75.0 cm³/mol. The molecular formula is C13H11ClN4O3. The maximum atomic E-state index is 12.1. The van der Waals surface area contributed by atoms with Crippen LogP contribution in [0.2, 0.25) is 5.02 Å². The van der Waals surface area contributed by atoms with Gasteiger partial charge in [-0.3, -0.25) is 4.79 Å². The van der Waals surface area contributed by atoms with Crippen molar-refractivity contribution in [3.05, 3.63) is 47.9 Å². The molecule has 0 fully saturated rings. The second kappa shape index (κ2) is 5.84. The number of nitrogens with one attached hydrogen (secondary N) is 1. The average molecular weight is 307 g/mol. The number of carbonyl (C=O) groups is 1. The number of rotatable bonds is 3. The summed E-state index contributed by atoms with van der Waals surface area (Å²) < 4.78 is 11.8. The number of anilines is 1. The highest BCUT2D eigenvalue weighted by Gasteiger charge is 2.17. The van der Waals surface area contributed by atoms with E-state index in [4.69, 9.17) is 21.1 Å². The zero-order chi connectivity index (χ0) is 14.7. The van der Waals surface area contributed by atoms with Gasteiger partial charge in [-0.1, -0.05) is 11.6 Å². The number of hydrogen-bond donors (Lipinski definition) is 1. The van der Waals surface area contributed by atoms with Crippen molar-refractivity contribution >= 4 is 23.2 Å². The topological polar surface area (TPSA) is 78.3 Å². The van der Waals surface area contributed by atoms with Gasteiger partial charge in [-0.15, -0.1) is 0 Å². The van der Waals surface area contributed by atoms with E-state index in [1.807, 2.05) is 0 Å². The quantitative estimate of drug-likeness (QED) is 0.934. The highest BCUT2D eigenvalue weighted by atomic mass is 35.5.